The fraction of sp³-hybridized carbons (Fsp3) is 0.320. The Morgan fingerprint density at radius 2 is 1.84 bits per heavy atom. The molecule has 3 aromatic rings. The van der Waals surface area contributed by atoms with Crippen molar-refractivity contribution < 1.29 is 9.59 Å². The largest absolute Gasteiger partial charge is 0.344 e. The number of aromatic nitrogens is 3. The number of carbonyl (C=O) groups excluding carboxylic acids is 2. The highest BCUT2D eigenvalue weighted by Gasteiger charge is 2.30. The molecule has 0 spiro atoms. The molecule has 0 saturated heterocycles. The topological polar surface area (TPSA) is 96.9 Å². The molecule has 0 radical (unpaired) electrons. The van der Waals surface area contributed by atoms with Crippen LogP contribution < -0.4 is 10.6 Å². The highest BCUT2D eigenvalue weighted by atomic mass is 16.2. The molecule has 2 atom stereocenters. The van der Waals surface area contributed by atoms with Gasteiger partial charge in [-0.15, -0.1) is 0 Å². The number of pyridine rings is 3. The number of nitrogens with one attached hydrogen (secondary N) is 2. The van der Waals surface area contributed by atoms with Gasteiger partial charge >= 0.3 is 0 Å². The Hall–Kier alpha value is -3.61. The monoisotopic (exact) mass is 427 g/mol. The Morgan fingerprint density at radius 1 is 0.938 bits per heavy atom. The smallest absolute Gasteiger partial charge is 0.253 e. The van der Waals surface area contributed by atoms with E-state index in [-0.39, 0.29) is 23.8 Å². The molecule has 32 heavy (non-hydrogen) atoms. The molecule has 0 aliphatic heterocycles. The quantitative estimate of drug-likeness (QED) is 0.622. The molecule has 0 aromatic carbocycles. The number of hydrogen-bond donors (Lipinski definition) is 2. The lowest BCUT2D eigenvalue weighted by atomic mass is 10.0. The minimum atomic E-state index is -0.212. The number of carbonyl (C=O) groups is 2. The first-order valence-corrected chi connectivity index (χ1v) is 11.1. The fourth-order valence-corrected chi connectivity index (χ4v) is 4.60. The van der Waals surface area contributed by atoms with Gasteiger partial charge in [-0.25, -0.2) is 4.98 Å². The number of amides is 2. The summed E-state index contributed by atoms with van der Waals surface area (Å²) in [6, 6.07) is 11.2. The SMILES string of the molecule is O=C(NC1CCCCc2cccnc21)c1cnc2c(c1)CC(C(=O)Nc1ccccn1)C2. The third kappa shape index (κ3) is 4.23. The standard InChI is InChI=1S/C25H25N5O2/c31-24(30-22-9-3-4-10-26-22)18-12-17-13-19(15-28-21(17)14-18)25(32)29-20-8-2-1-6-16-7-5-11-27-23(16)20/h3-5,7,9-11,13,15,18,20H,1-2,6,8,12,14H2,(H,29,32)(H,26,30,31). The molecule has 0 bridgehead atoms. The van der Waals surface area contributed by atoms with Crippen LogP contribution in [0.4, 0.5) is 5.82 Å². The van der Waals surface area contributed by atoms with Crippen molar-refractivity contribution in [1.82, 2.24) is 20.3 Å². The van der Waals surface area contributed by atoms with Crippen LogP contribution in [0.3, 0.4) is 0 Å². The van der Waals surface area contributed by atoms with Gasteiger partial charge in [0.2, 0.25) is 5.91 Å². The molecule has 2 N–H and O–H groups in total. The molecule has 0 saturated carbocycles. The summed E-state index contributed by atoms with van der Waals surface area (Å²) in [5, 5.41) is 6.02. The maximum atomic E-state index is 13.0. The van der Waals surface area contributed by atoms with Gasteiger partial charge in [-0.3, -0.25) is 19.6 Å². The van der Waals surface area contributed by atoms with Crippen LogP contribution in [0.15, 0.2) is 55.0 Å². The number of anilines is 1. The van der Waals surface area contributed by atoms with Crippen molar-refractivity contribution >= 4 is 17.6 Å². The molecule has 0 fully saturated rings. The van der Waals surface area contributed by atoms with E-state index in [9.17, 15) is 9.59 Å². The zero-order valence-electron chi connectivity index (χ0n) is 17.8. The lowest BCUT2D eigenvalue weighted by Gasteiger charge is -2.18. The van der Waals surface area contributed by atoms with Gasteiger partial charge in [-0.1, -0.05) is 18.6 Å². The molecule has 5 rings (SSSR count). The van der Waals surface area contributed by atoms with Gasteiger partial charge in [-0.2, -0.15) is 0 Å². The van der Waals surface area contributed by atoms with E-state index in [4.69, 9.17) is 0 Å². The number of hydrogen-bond acceptors (Lipinski definition) is 5. The van der Waals surface area contributed by atoms with Crippen molar-refractivity contribution in [2.75, 3.05) is 5.32 Å². The summed E-state index contributed by atoms with van der Waals surface area (Å²) in [5.74, 6) is 0.105. The van der Waals surface area contributed by atoms with E-state index in [0.717, 1.165) is 42.6 Å². The van der Waals surface area contributed by atoms with Crippen LogP contribution in [0.25, 0.3) is 0 Å². The number of fused-ring (bicyclic) bond motifs is 2. The first-order chi connectivity index (χ1) is 15.7. The van der Waals surface area contributed by atoms with Crippen molar-refractivity contribution in [2.45, 2.75) is 44.6 Å². The first kappa shape index (κ1) is 20.3. The summed E-state index contributed by atoms with van der Waals surface area (Å²) in [5.41, 5.74) is 4.54. The second-order valence-electron chi connectivity index (χ2n) is 8.46. The zero-order valence-corrected chi connectivity index (χ0v) is 17.8. The van der Waals surface area contributed by atoms with Gasteiger partial charge in [0.25, 0.3) is 5.91 Å². The van der Waals surface area contributed by atoms with Crippen molar-refractivity contribution in [3.63, 3.8) is 0 Å². The fourth-order valence-electron chi connectivity index (χ4n) is 4.60. The maximum Gasteiger partial charge on any atom is 0.253 e. The molecular formula is C25H25N5O2. The molecule has 3 aromatic heterocycles. The van der Waals surface area contributed by atoms with Gasteiger partial charge in [0.15, 0.2) is 0 Å². The molecule has 162 valence electrons. The summed E-state index contributed by atoms with van der Waals surface area (Å²) in [6.45, 7) is 0. The average molecular weight is 428 g/mol. The predicted molar refractivity (Wildman–Crippen MR) is 120 cm³/mol. The zero-order chi connectivity index (χ0) is 21.9. The summed E-state index contributed by atoms with van der Waals surface area (Å²) in [4.78, 5) is 38.9. The van der Waals surface area contributed by atoms with Gasteiger partial charge in [0.05, 0.1) is 17.3 Å². The second kappa shape index (κ2) is 8.86. The third-order valence-electron chi connectivity index (χ3n) is 6.27. The molecule has 3 heterocycles. The van der Waals surface area contributed by atoms with Crippen LogP contribution >= 0.6 is 0 Å². The second-order valence-corrected chi connectivity index (χ2v) is 8.46. The van der Waals surface area contributed by atoms with Gasteiger partial charge in [-0.05, 0) is 61.1 Å². The van der Waals surface area contributed by atoms with Crippen LogP contribution in [0.5, 0.6) is 0 Å². The van der Waals surface area contributed by atoms with E-state index in [2.05, 4.69) is 31.7 Å². The first-order valence-electron chi connectivity index (χ1n) is 11.1. The Labute approximate surface area is 186 Å². The van der Waals surface area contributed by atoms with Crippen molar-refractivity contribution in [3.05, 3.63) is 83.1 Å². The summed E-state index contributed by atoms with van der Waals surface area (Å²) in [6.07, 6.45) is 10.2. The molecule has 7 heteroatoms. The van der Waals surface area contributed by atoms with E-state index < -0.39 is 0 Å². The molecule has 2 amide bonds. The lowest BCUT2D eigenvalue weighted by Crippen LogP contribution is -2.29. The van der Waals surface area contributed by atoms with Crippen LogP contribution in [-0.2, 0) is 24.1 Å². The van der Waals surface area contributed by atoms with Crippen LogP contribution in [0.2, 0.25) is 0 Å². The minimum absolute atomic E-state index is 0.0751. The number of rotatable bonds is 4. The van der Waals surface area contributed by atoms with Gasteiger partial charge in [0, 0.05) is 36.6 Å². The highest BCUT2D eigenvalue weighted by Crippen LogP contribution is 2.29. The Bertz CT molecular complexity index is 1150. The molecular weight excluding hydrogens is 402 g/mol. The average Bonchev–Trinajstić information content (AvgIpc) is 3.15. The lowest BCUT2D eigenvalue weighted by molar-refractivity contribution is -0.119. The van der Waals surface area contributed by atoms with Crippen molar-refractivity contribution in [3.8, 4) is 0 Å². The van der Waals surface area contributed by atoms with Crippen molar-refractivity contribution in [1.29, 1.82) is 0 Å². The van der Waals surface area contributed by atoms with Crippen molar-refractivity contribution in [2.24, 2.45) is 5.92 Å². The molecule has 2 aliphatic carbocycles. The molecule has 2 aliphatic rings. The van der Waals surface area contributed by atoms with Gasteiger partial charge in [0.1, 0.15) is 5.82 Å². The van der Waals surface area contributed by atoms with E-state index in [1.807, 2.05) is 18.2 Å². The summed E-state index contributed by atoms with van der Waals surface area (Å²) >= 11 is 0. The predicted octanol–water partition coefficient (Wildman–Crippen LogP) is 3.42. The van der Waals surface area contributed by atoms with Crippen LogP contribution in [0.1, 0.15) is 58.2 Å². The van der Waals surface area contributed by atoms with E-state index in [1.54, 1.807) is 30.7 Å². The summed E-state index contributed by atoms with van der Waals surface area (Å²) < 4.78 is 0. The Morgan fingerprint density at radius 3 is 2.72 bits per heavy atom. The normalized spacial score (nSPS) is 19.4. The Balaban J connectivity index is 1.27. The Kier molecular flexibility index (Phi) is 5.62. The maximum absolute atomic E-state index is 13.0. The minimum Gasteiger partial charge on any atom is -0.344 e. The summed E-state index contributed by atoms with van der Waals surface area (Å²) in [7, 11) is 0. The van der Waals surface area contributed by atoms with Gasteiger partial charge < -0.3 is 10.6 Å². The third-order valence-corrected chi connectivity index (χ3v) is 6.27. The van der Waals surface area contributed by atoms with Crippen LogP contribution in [0, 0.1) is 5.92 Å². The van der Waals surface area contributed by atoms with E-state index in [1.165, 1.54) is 5.56 Å². The number of aryl methyl sites for hydroxylation is 1. The van der Waals surface area contributed by atoms with E-state index in [0.29, 0.717) is 24.2 Å². The van der Waals surface area contributed by atoms with Crippen LogP contribution in [-0.4, -0.2) is 26.8 Å². The molecule has 2 unspecified atom stereocenters. The number of nitrogens with zero attached hydrogens (tertiary/aromatic N) is 3. The molecule has 7 nitrogen and oxygen atoms in total. The van der Waals surface area contributed by atoms with E-state index >= 15 is 0 Å². The highest BCUT2D eigenvalue weighted by molar-refractivity contribution is 5.95.